The van der Waals surface area contributed by atoms with Crippen molar-refractivity contribution in [3.8, 4) is 0 Å². The predicted molar refractivity (Wildman–Crippen MR) is 68.7 cm³/mol. The average Bonchev–Trinajstić information content (AvgIpc) is 2.38. The Morgan fingerprint density at radius 2 is 2.17 bits per heavy atom. The van der Waals surface area contributed by atoms with E-state index in [2.05, 4.69) is 16.6 Å². The first kappa shape index (κ1) is 14.4. The van der Waals surface area contributed by atoms with Crippen LogP contribution >= 0.6 is 0 Å². The Labute approximate surface area is 107 Å². The Bertz CT molecular complexity index is 389. The quantitative estimate of drug-likeness (QED) is 0.595. The number of hydrogen-bond acceptors (Lipinski definition) is 3. The maximum absolute atomic E-state index is 12.8. The van der Waals surface area contributed by atoms with Crippen molar-refractivity contribution in [1.82, 2.24) is 5.32 Å². The molecule has 0 spiro atoms. The molecule has 1 aromatic carbocycles. The standard InChI is InChI=1S/C14H18FNO2/c1-3-8-16-13(10-14(17)18-2)9-11-4-6-12(15)7-5-11/h3-7,13,16H,1,8-10H2,2H3. The van der Waals surface area contributed by atoms with Crippen molar-refractivity contribution in [3.05, 3.63) is 48.3 Å². The molecule has 0 saturated carbocycles. The van der Waals surface area contributed by atoms with Crippen LogP contribution in [0.4, 0.5) is 4.39 Å². The van der Waals surface area contributed by atoms with Crippen LogP contribution in [0.3, 0.4) is 0 Å². The minimum absolute atomic E-state index is 0.0408. The van der Waals surface area contributed by atoms with Gasteiger partial charge in [-0.25, -0.2) is 4.39 Å². The predicted octanol–water partition coefficient (Wildman–Crippen LogP) is 2.08. The molecular weight excluding hydrogens is 233 g/mol. The van der Waals surface area contributed by atoms with E-state index < -0.39 is 0 Å². The molecule has 0 aliphatic carbocycles. The first-order chi connectivity index (χ1) is 8.65. The summed E-state index contributed by atoms with van der Waals surface area (Å²) in [4.78, 5) is 11.3. The zero-order valence-corrected chi connectivity index (χ0v) is 10.5. The maximum Gasteiger partial charge on any atom is 0.307 e. The van der Waals surface area contributed by atoms with Crippen LogP contribution < -0.4 is 5.32 Å². The van der Waals surface area contributed by atoms with Gasteiger partial charge >= 0.3 is 5.97 Å². The largest absolute Gasteiger partial charge is 0.469 e. The van der Waals surface area contributed by atoms with Crippen LogP contribution in [0.15, 0.2) is 36.9 Å². The summed E-state index contributed by atoms with van der Waals surface area (Å²) in [7, 11) is 1.37. The van der Waals surface area contributed by atoms with Crippen molar-refractivity contribution in [2.75, 3.05) is 13.7 Å². The summed E-state index contributed by atoms with van der Waals surface area (Å²) in [5.41, 5.74) is 0.974. The monoisotopic (exact) mass is 251 g/mol. The van der Waals surface area contributed by atoms with Gasteiger partial charge in [-0.2, -0.15) is 0 Å². The molecule has 1 N–H and O–H groups in total. The van der Waals surface area contributed by atoms with Gasteiger partial charge in [-0.1, -0.05) is 18.2 Å². The molecule has 0 amide bonds. The number of methoxy groups -OCH3 is 1. The van der Waals surface area contributed by atoms with Gasteiger partial charge in [0, 0.05) is 12.6 Å². The van der Waals surface area contributed by atoms with Crippen LogP contribution in [0.2, 0.25) is 0 Å². The van der Waals surface area contributed by atoms with Crippen LogP contribution in [0.1, 0.15) is 12.0 Å². The first-order valence-corrected chi connectivity index (χ1v) is 5.81. The van der Waals surface area contributed by atoms with Gasteiger partial charge in [0.15, 0.2) is 0 Å². The van der Waals surface area contributed by atoms with Crippen molar-refractivity contribution >= 4 is 5.97 Å². The minimum atomic E-state index is -0.265. The van der Waals surface area contributed by atoms with E-state index in [0.717, 1.165) is 5.56 Å². The van der Waals surface area contributed by atoms with Gasteiger partial charge in [0.05, 0.1) is 13.5 Å². The number of halogens is 1. The molecule has 0 fully saturated rings. The molecule has 1 rings (SSSR count). The number of ether oxygens (including phenoxy) is 1. The van der Waals surface area contributed by atoms with E-state index in [4.69, 9.17) is 0 Å². The van der Waals surface area contributed by atoms with E-state index in [9.17, 15) is 9.18 Å². The highest BCUT2D eigenvalue weighted by Crippen LogP contribution is 2.08. The Morgan fingerprint density at radius 1 is 1.50 bits per heavy atom. The molecule has 0 aromatic heterocycles. The van der Waals surface area contributed by atoms with Crippen LogP contribution in [-0.4, -0.2) is 25.7 Å². The van der Waals surface area contributed by atoms with Gasteiger partial charge in [0.2, 0.25) is 0 Å². The third-order valence-corrected chi connectivity index (χ3v) is 2.59. The number of carbonyl (C=O) groups excluding carboxylic acids is 1. The van der Waals surface area contributed by atoms with Crippen molar-refractivity contribution in [1.29, 1.82) is 0 Å². The molecule has 3 nitrogen and oxygen atoms in total. The Morgan fingerprint density at radius 3 is 2.72 bits per heavy atom. The number of benzene rings is 1. The third-order valence-electron chi connectivity index (χ3n) is 2.59. The number of nitrogens with one attached hydrogen (secondary N) is 1. The van der Waals surface area contributed by atoms with E-state index in [-0.39, 0.29) is 24.2 Å². The molecule has 0 aliphatic rings. The molecule has 1 unspecified atom stereocenters. The molecule has 1 atom stereocenters. The first-order valence-electron chi connectivity index (χ1n) is 5.81. The summed E-state index contributed by atoms with van der Waals surface area (Å²) in [6.45, 7) is 4.24. The molecular formula is C14H18FNO2. The second-order valence-electron chi connectivity index (χ2n) is 4.00. The highest BCUT2D eigenvalue weighted by molar-refractivity contribution is 5.70. The Hall–Kier alpha value is -1.68. The topological polar surface area (TPSA) is 38.3 Å². The minimum Gasteiger partial charge on any atom is -0.469 e. The van der Waals surface area contributed by atoms with E-state index in [1.54, 1.807) is 18.2 Å². The second kappa shape index (κ2) is 7.61. The summed E-state index contributed by atoms with van der Waals surface area (Å²) in [6.07, 6.45) is 2.65. The molecule has 0 bridgehead atoms. The molecule has 0 aliphatic heterocycles. The molecule has 1 aromatic rings. The summed E-state index contributed by atoms with van der Waals surface area (Å²) >= 11 is 0. The van der Waals surface area contributed by atoms with E-state index in [1.165, 1.54) is 19.2 Å². The van der Waals surface area contributed by atoms with Gasteiger partial charge in [0.25, 0.3) is 0 Å². The molecule has 4 heteroatoms. The van der Waals surface area contributed by atoms with Gasteiger partial charge < -0.3 is 10.1 Å². The fourth-order valence-electron chi connectivity index (χ4n) is 1.66. The smallest absolute Gasteiger partial charge is 0.307 e. The van der Waals surface area contributed by atoms with Crippen LogP contribution in [0.25, 0.3) is 0 Å². The fourth-order valence-corrected chi connectivity index (χ4v) is 1.66. The zero-order chi connectivity index (χ0) is 13.4. The van der Waals surface area contributed by atoms with Gasteiger partial charge in [0.1, 0.15) is 5.82 Å². The lowest BCUT2D eigenvalue weighted by Crippen LogP contribution is -2.33. The third kappa shape index (κ3) is 5.10. The van der Waals surface area contributed by atoms with Crippen molar-refractivity contribution < 1.29 is 13.9 Å². The highest BCUT2D eigenvalue weighted by atomic mass is 19.1. The Kier molecular flexibility index (Phi) is 6.08. The van der Waals surface area contributed by atoms with Crippen molar-refractivity contribution in [3.63, 3.8) is 0 Å². The highest BCUT2D eigenvalue weighted by Gasteiger charge is 2.13. The molecule has 98 valence electrons. The molecule has 18 heavy (non-hydrogen) atoms. The van der Waals surface area contributed by atoms with Gasteiger partial charge in [-0.05, 0) is 24.1 Å². The molecule has 0 saturated heterocycles. The SMILES string of the molecule is C=CCNC(CC(=O)OC)Cc1ccc(F)cc1. The summed E-state index contributed by atoms with van der Waals surface area (Å²) in [5.74, 6) is -0.527. The number of rotatable bonds is 7. The average molecular weight is 251 g/mol. The Balaban J connectivity index is 2.61. The number of hydrogen-bond donors (Lipinski definition) is 1. The molecule has 0 radical (unpaired) electrons. The van der Waals surface area contributed by atoms with E-state index in [1.807, 2.05) is 0 Å². The summed E-state index contributed by atoms with van der Waals surface area (Å²) in [6, 6.07) is 6.22. The van der Waals surface area contributed by atoms with Crippen molar-refractivity contribution in [2.24, 2.45) is 0 Å². The van der Waals surface area contributed by atoms with Gasteiger partial charge in [-0.15, -0.1) is 6.58 Å². The lowest BCUT2D eigenvalue weighted by Gasteiger charge is -2.16. The van der Waals surface area contributed by atoms with E-state index in [0.29, 0.717) is 13.0 Å². The normalized spacial score (nSPS) is 11.9. The number of esters is 1. The van der Waals surface area contributed by atoms with Crippen LogP contribution in [0, 0.1) is 5.82 Å². The number of carbonyl (C=O) groups is 1. The lowest BCUT2D eigenvalue weighted by atomic mass is 10.0. The zero-order valence-electron chi connectivity index (χ0n) is 10.5. The summed E-state index contributed by atoms with van der Waals surface area (Å²) < 4.78 is 17.4. The summed E-state index contributed by atoms with van der Waals surface area (Å²) in [5, 5.41) is 3.19. The van der Waals surface area contributed by atoms with Gasteiger partial charge in [-0.3, -0.25) is 4.79 Å². The second-order valence-corrected chi connectivity index (χ2v) is 4.00. The fraction of sp³-hybridized carbons (Fsp3) is 0.357. The lowest BCUT2D eigenvalue weighted by molar-refractivity contribution is -0.141. The molecule has 0 heterocycles. The van der Waals surface area contributed by atoms with Crippen molar-refractivity contribution in [2.45, 2.75) is 18.9 Å². The van der Waals surface area contributed by atoms with E-state index >= 15 is 0 Å². The van der Waals surface area contributed by atoms with Crippen LogP contribution in [-0.2, 0) is 16.0 Å². The van der Waals surface area contributed by atoms with Crippen LogP contribution in [0.5, 0.6) is 0 Å². The maximum atomic E-state index is 12.8.